The molecule has 4 nitrogen and oxygen atoms in total. The minimum Gasteiger partial charge on any atom is -0.389 e. The summed E-state index contributed by atoms with van der Waals surface area (Å²) >= 11 is 11.0. The summed E-state index contributed by atoms with van der Waals surface area (Å²) in [5.74, 6) is 0.509. The lowest BCUT2D eigenvalue weighted by Gasteiger charge is -2.22. The van der Waals surface area contributed by atoms with Gasteiger partial charge in [-0.3, -0.25) is 0 Å². The Morgan fingerprint density at radius 1 is 1.33 bits per heavy atom. The quantitative estimate of drug-likeness (QED) is 0.805. The second kappa shape index (κ2) is 5.50. The summed E-state index contributed by atoms with van der Waals surface area (Å²) in [5.41, 5.74) is 6.12. The first-order valence-corrected chi connectivity index (χ1v) is 9.23. The van der Waals surface area contributed by atoms with Gasteiger partial charge in [0.2, 0.25) is 10.0 Å². The molecule has 0 bridgehead atoms. The van der Waals surface area contributed by atoms with Crippen molar-refractivity contribution in [3.05, 3.63) is 28.8 Å². The van der Waals surface area contributed by atoms with Crippen LogP contribution in [0.3, 0.4) is 0 Å². The molecule has 7 heteroatoms. The molecule has 0 heterocycles. The number of thiocarbonyl (C=S) groups is 1. The van der Waals surface area contributed by atoms with Crippen molar-refractivity contribution < 1.29 is 8.42 Å². The molecule has 0 saturated heterocycles. The van der Waals surface area contributed by atoms with Crippen LogP contribution in [0.15, 0.2) is 23.1 Å². The Labute approximate surface area is 135 Å². The van der Waals surface area contributed by atoms with Crippen LogP contribution in [-0.4, -0.2) is 30.3 Å². The van der Waals surface area contributed by atoms with Gasteiger partial charge in [-0.2, -0.15) is 4.31 Å². The minimum absolute atomic E-state index is 0.141. The van der Waals surface area contributed by atoms with Gasteiger partial charge in [-0.05, 0) is 43.7 Å². The molecule has 0 aromatic heterocycles. The lowest BCUT2D eigenvalue weighted by atomic mass is 10.2. The highest BCUT2D eigenvalue weighted by Gasteiger charge is 2.41. The third kappa shape index (κ3) is 3.23. The first-order valence-electron chi connectivity index (χ1n) is 7.01. The standard InChI is InChI=1S/C14H17ClN2O2S2/c15-12-7-10(14(16)20)3-6-13(12)21(18,19)17(11-4-5-11)8-9-1-2-9/h3,6-7,9,11H,1-2,4-5,8H2,(H2,16,20). The second-order valence-electron chi connectivity index (χ2n) is 5.76. The minimum atomic E-state index is -3.55. The molecule has 2 fully saturated rings. The average molecular weight is 345 g/mol. The molecule has 0 aliphatic heterocycles. The molecule has 0 radical (unpaired) electrons. The molecule has 21 heavy (non-hydrogen) atoms. The fourth-order valence-corrected chi connectivity index (χ4v) is 4.76. The molecule has 1 aromatic rings. The number of benzene rings is 1. The summed E-state index contributed by atoms with van der Waals surface area (Å²) in [4.78, 5) is 0.356. The van der Waals surface area contributed by atoms with E-state index in [4.69, 9.17) is 29.6 Å². The van der Waals surface area contributed by atoms with Gasteiger partial charge in [-0.25, -0.2) is 8.42 Å². The monoisotopic (exact) mass is 344 g/mol. The Morgan fingerprint density at radius 2 is 2.00 bits per heavy atom. The molecule has 0 unspecified atom stereocenters. The van der Waals surface area contributed by atoms with Crippen LogP contribution < -0.4 is 5.73 Å². The molecule has 2 N–H and O–H groups in total. The predicted octanol–water partition coefficient (Wildman–Crippen LogP) is 2.54. The molecule has 114 valence electrons. The van der Waals surface area contributed by atoms with Crippen molar-refractivity contribution in [2.45, 2.75) is 36.6 Å². The van der Waals surface area contributed by atoms with E-state index >= 15 is 0 Å². The van der Waals surface area contributed by atoms with Gasteiger partial charge in [0.25, 0.3) is 0 Å². The number of sulfonamides is 1. The van der Waals surface area contributed by atoms with Crippen molar-refractivity contribution in [2.24, 2.45) is 11.7 Å². The fourth-order valence-electron chi connectivity index (χ4n) is 2.35. The Bertz CT molecular complexity index is 682. The van der Waals surface area contributed by atoms with Gasteiger partial charge in [-0.1, -0.05) is 29.9 Å². The van der Waals surface area contributed by atoms with Gasteiger partial charge in [0.15, 0.2) is 0 Å². The summed E-state index contributed by atoms with van der Waals surface area (Å²) in [6.45, 7) is 0.611. The van der Waals surface area contributed by atoms with Gasteiger partial charge in [0.1, 0.15) is 9.88 Å². The Morgan fingerprint density at radius 3 is 2.48 bits per heavy atom. The smallest absolute Gasteiger partial charge is 0.244 e. The van der Waals surface area contributed by atoms with Crippen molar-refractivity contribution in [2.75, 3.05) is 6.54 Å². The molecule has 1 aromatic carbocycles. The number of rotatable bonds is 6. The molecule has 0 amide bonds. The highest BCUT2D eigenvalue weighted by molar-refractivity contribution is 7.89. The third-order valence-corrected chi connectivity index (χ3v) is 6.53. The van der Waals surface area contributed by atoms with E-state index in [1.165, 1.54) is 12.1 Å². The van der Waals surface area contributed by atoms with E-state index in [0.29, 0.717) is 18.0 Å². The maximum atomic E-state index is 12.9. The summed E-state index contributed by atoms with van der Waals surface area (Å²) in [7, 11) is -3.55. The SMILES string of the molecule is NC(=S)c1ccc(S(=O)(=O)N(CC2CC2)C2CC2)c(Cl)c1. The second-order valence-corrected chi connectivity index (χ2v) is 8.46. The van der Waals surface area contributed by atoms with Crippen molar-refractivity contribution in [3.63, 3.8) is 0 Å². The van der Waals surface area contributed by atoms with Crippen LogP contribution in [0.25, 0.3) is 0 Å². The maximum absolute atomic E-state index is 12.9. The van der Waals surface area contributed by atoms with Crippen LogP contribution in [-0.2, 0) is 10.0 Å². The van der Waals surface area contributed by atoms with Gasteiger partial charge in [0.05, 0.1) is 5.02 Å². The number of hydrogen-bond acceptors (Lipinski definition) is 3. The Kier molecular flexibility index (Phi) is 3.98. The molecular formula is C14H17ClN2O2S2. The first-order chi connectivity index (χ1) is 9.89. The first kappa shape index (κ1) is 15.2. The highest BCUT2D eigenvalue weighted by Crippen LogP contribution is 2.39. The van der Waals surface area contributed by atoms with E-state index in [1.807, 2.05) is 0 Å². The zero-order chi connectivity index (χ0) is 15.2. The van der Waals surface area contributed by atoms with E-state index in [9.17, 15) is 8.42 Å². The molecule has 2 aliphatic carbocycles. The van der Waals surface area contributed by atoms with Crippen molar-refractivity contribution in [3.8, 4) is 0 Å². The molecule has 3 rings (SSSR count). The summed E-state index contributed by atoms with van der Waals surface area (Å²) in [6.07, 6.45) is 4.11. The van der Waals surface area contributed by atoms with Crippen LogP contribution in [0, 0.1) is 5.92 Å². The molecule has 2 aliphatic rings. The molecule has 0 spiro atoms. The van der Waals surface area contributed by atoms with Gasteiger partial charge in [-0.15, -0.1) is 0 Å². The van der Waals surface area contributed by atoms with Gasteiger partial charge >= 0.3 is 0 Å². The lowest BCUT2D eigenvalue weighted by molar-refractivity contribution is 0.389. The van der Waals surface area contributed by atoms with E-state index < -0.39 is 10.0 Å². The Hall–Kier alpha value is -0.690. The van der Waals surface area contributed by atoms with Gasteiger partial charge < -0.3 is 5.73 Å². The van der Waals surface area contributed by atoms with Crippen molar-refractivity contribution in [1.29, 1.82) is 0 Å². The zero-order valence-corrected chi connectivity index (χ0v) is 13.8. The summed E-state index contributed by atoms with van der Waals surface area (Å²) < 4.78 is 27.3. The molecule has 0 atom stereocenters. The van der Waals surface area contributed by atoms with Crippen LogP contribution in [0.2, 0.25) is 5.02 Å². The van der Waals surface area contributed by atoms with E-state index in [1.54, 1.807) is 10.4 Å². The van der Waals surface area contributed by atoms with Crippen LogP contribution in [0.5, 0.6) is 0 Å². The lowest BCUT2D eigenvalue weighted by Crippen LogP contribution is -2.35. The topological polar surface area (TPSA) is 63.4 Å². The summed E-state index contributed by atoms with van der Waals surface area (Å²) in [6, 6.07) is 4.79. The maximum Gasteiger partial charge on any atom is 0.244 e. The number of nitrogens with zero attached hydrogens (tertiary/aromatic N) is 1. The van der Waals surface area contributed by atoms with Crippen molar-refractivity contribution in [1.82, 2.24) is 4.31 Å². The number of nitrogens with two attached hydrogens (primary N) is 1. The van der Waals surface area contributed by atoms with Crippen LogP contribution in [0.1, 0.15) is 31.2 Å². The zero-order valence-electron chi connectivity index (χ0n) is 11.5. The fraction of sp³-hybridized carbons (Fsp3) is 0.500. The summed E-state index contributed by atoms with van der Waals surface area (Å²) in [5, 5.41) is 0.182. The number of hydrogen-bond donors (Lipinski definition) is 1. The number of halogens is 1. The molecule has 2 saturated carbocycles. The highest BCUT2D eigenvalue weighted by atomic mass is 35.5. The van der Waals surface area contributed by atoms with E-state index in [-0.39, 0.29) is 20.9 Å². The largest absolute Gasteiger partial charge is 0.389 e. The normalized spacial score (nSPS) is 19.0. The van der Waals surface area contributed by atoms with E-state index in [2.05, 4.69) is 0 Å². The van der Waals surface area contributed by atoms with Crippen molar-refractivity contribution >= 4 is 38.8 Å². The van der Waals surface area contributed by atoms with Crippen LogP contribution in [0.4, 0.5) is 0 Å². The Balaban J connectivity index is 1.94. The predicted molar refractivity (Wildman–Crippen MR) is 87.0 cm³/mol. The molecular weight excluding hydrogens is 328 g/mol. The van der Waals surface area contributed by atoms with Crippen LogP contribution >= 0.6 is 23.8 Å². The van der Waals surface area contributed by atoms with Gasteiger partial charge in [0, 0.05) is 18.2 Å². The third-order valence-electron chi connectivity index (χ3n) is 3.89. The average Bonchev–Trinajstić information content (AvgIpc) is 3.27. The van der Waals surface area contributed by atoms with E-state index in [0.717, 1.165) is 25.7 Å².